The third-order valence-corrected chi connectivity index (χ3v) is 4.10. The predicted octanol–water partition coefficient (Wildman–Crippen LogP) is 4.00. The maximum absolute atomic E-state index is 12.2. The molecule has 0 bridgehead atoms. The second-order valence-electron chi connectivity index (χ2n) is 7.31. The Morgan fingerprint density at radius 2 is 2.04 bits per heavy atom. The molecular formula is C20H28N4O2. The van der Waals surface area contributed by atoms with Crippen LogP contribution in [-0.2, 0) is 12.0 Å². The molecule has 0 fully saturated rings. The van der Waals surface area contributed by atoms with Crippen LogP contribution in [0, 0.1) is 0 Å². The summed E-state index contributed by atoms with van der Waals surface area (Å²) in [6.07, 6.45) is 0.499. The Balaban J connectivity index is 1.89. The summed E-state index contributed by atoms with van der Waals surface area (Å²) >= 11 is 0. The molecule has 0 aliphatic heterocycles. The number of allylic oxidation sites excluding steroid dienone is 1. The minimum Gasteiger partial charge on any atom is -0.425 e. The van der Waals surface area contributed by atoms with E-state index in [0.717, 1.165) is 16.7 Å². The van der Waals surface area contributed by atoms with Crippen molar-refractivity contribution in [3.05, 3.63) is 53.8 Å². The van der Waals surface area contributed by atoms with Crippen LogP contribution < -0.4 is 10.6 Å². The maximum atomic E-state index is 12.2. The van der Waals surface area contributed by atoms with Gasteiger partial charge in [0.15, 0.2) is 0 Å². The maximum Gasteiger partial charge on any atom is 0.315 e. The molecule has 0 radical (unpaired) electrons. The minimum atomic E-state index is -0.509. The molecule has 26 heavy (non-hydrogen) atoms. The molecule has 1 aromatic carbocycles. The summed E-state index contributed by atoms with van der Waals surface area (Å²) in [7, 11) is 0. The van der Waals surface area contributed by atoms with E-state index in [-0.39, 0.29) is 11.9 Å². The number of nitrogens with one attached hydrogen (secondary N) is 2. The molecule has 2 rings (SSSR count). The second-order valence-corrected chi connectivity index (χ2v) is 7.31. The number of carbonyl (C=O) groups excluding carboxylic acids is 1. The summed E-state index contributed by atoms with van der Waals surface area (Å²) in [6.45, 7) is 14.3. The first kappa shape index (κ1) is 19.7. The van der Waals surface area contributed by atoms with E-state index in [2.05, 4.69) is 33.5 Å². The normalized spacial score (nSPS) is 11.5. The van der Waals surface area contributed by atoms with E-state index in [9.17, 15) is 4.79 Å². The third kappa shape index (κ3) is 5.18. The summed E-state index contributed by atoms with van der Waals surface area (Å²) in [6, 6.07) is 7.80. The molecule has 6 nitrogen and oxygen atoms in total. The Kier molecular flexibility index (Phi) is 6.18. The lowest BCUT2D eigenvalue weighted by Crippen LogP contribution is -2.46. The smallest absolute Gasteiger partial charge is 0.315 e. The molecule has 0 atom stereocenters. The number of nitrogens with zero attached hydrogens (tertiary/aromatic N) is 2. The molecule has 2 N–H and O–H groups in total. The summed E-state index contributed by atoms with van der Waals surface area (Å²) in [5.74, 6) is 1.34. The van der Waals surface area contributed by atoms with E-state index in [1.807, 2.05) is 52.8 Å². The number of urea groups is 1. The van der Waals surface area contributed by atoms with Gasteiger partial charge in [-0.3, -0.25) is 0 Å². The van der Waals surface area contributed by atoms with Crippen molar-refractivity contribution in [3.8, 4) is 0 Å². The lowest BCUT2D eigenvalue weighted by Gasteiger charge is -2.27. The molecule has 2 aromatic rings. The Morgan fingerprint density at radius 3 is 2.65 bits per heavy atom. The van der Waals surface area contributed by atoms with E-state index in [4.69, 9.17) is 4.42 Å². The van der Waals surface area contributed by atoms with Gasteiger partial charge in [0.2, 0.25) is 11.8 Å². The fourth-order valence-electron chi connectivity index (χ4n) is 2.46. The topological polar surface area (TPSA) is 80.0 Å². The van der Waals surface area contributed by atoms with Crippen molar-refractivity contribution in [3.63, 3.8) is 0 Å². The zero-order valence-electron chi connectivity index (χ0n) is 16.2. The molecule has 6 heteroatoms. The third-order valence-electron chi connectivity index (χ3n) is 4.10. The molecule has 1 heterocycles. The van der Waals surface area contributed by atoms with Crippen LogP contribution >= 0.6 is 0 Å². The summed E-state index contributed by atoms with van der Waals surface area (Å²) in [5.41, 5.74) is 2.57. The average Bonchev–Trinajstić information content (AvgIpc) is 3.03. The molecule has 0 saturated heterocycles. The van der Waals surface area contributed by atoms with Crippen molar-refractivity contribution in [2.24, 2.45) is 0 Å². The van der Waals surface area contributed by atoms with Crippen molar-refractivity contribution >= 4 is 11.6 Å². The number of benzene rings is 1. The first-order valence-corrected chi connectivity index (χ1v) is 8.83. The van der Waals surface area contributed by atoms with E-state index in [1.165, 1.54) is 0 Å². The van der Waals surface area contributed by atoms with E-state index < -0.39 is 5.54 Å². The Hall–Kier alpha value is -2.63. The molecular weight excluding hydrogens is 328 g/mol. The Labute approximate surface area is 155 Å². The number of amides is 2. The first-order valence-electron chi connectivity index (χ1n) is 8.83. The van der Waals surface area contributed by atoms with Gasteiger partial charge < -0.3 is 15.1 Å². The van der Waals surface area contributed by atoms with Crippen molar-refractivity contribution in [2.45, 2.75) is 52.5 Å². The first-order chi connectivity index (χ1) is 12.2. The Morgan fingerprint density at radius 1 is 1.31 bits per heavy atom. The molecule has 0 aliphatic carbocycles. The van der Waals surface area contributed by atoms with Gasteiger partial charge in [-0.2, -0.15) is 0 Å². The minimum absolute atomic E-state index is 0.197. The van der Waals surface area contributed by atoms with Gasteiger partial charge in [0, 0.05) is 18.9 Å². The van der Waals surface area contributed by atoms with Gasteiger partial charge in [-0.15, -0.1) is 10.2 Å². The largest absolute Gasteiger partial charge is 0.425 e. The lowest BCUT2D eigenvalue weighted by molar-refractivity contribution is 0.230. The zero-order valence-corrected chi connectivity index (χ0v) is 16.2. The molecule has 0 unspecified atom stereocenters. The van der Waals surface area contributed by atoms with Crippen molar-refractivity contribution in [1.29, 1.82) is 0 Å². The van der Waals surface area contributed by atoms with Gasteiger partial charge in [-0.1, -0.05) is 44.2 Å². The molecule has 0 saturated carbocycles. The fraction of sp³-hybridized carbons (Fsp3) is 0.450. The van der Waals surface area contributed by atoms with Crippen LogP contribution in [0.4, 0.5) is 4.79 Å². The van der Waals surface area contributed by atoms with Gasteiger partial charge in [0.1, 0.15) is 0 Å². The number of aromatic nitrogens is 2. The standard InChI is InChI=1S/C20H28N4O2/c1-13(2)15-8-7-9-16(12-15)20(5,6)22-19(25)21-11-10-17-23-24-18(26-17)14(3)4/h7-9,12,14H,1,10-11H2,2-6H3,(H2,21,22,25). The van der Waals surface area contributed by atoms with Crippen LogP contribution in [0.2, 0.25) is 0 Å². The second kappa shape index (κ2) is 8.17. The highest BCUT2D eigenvalue weighted by Gasteiger charge is 2.23. The summed E-state index contributed by atoms with van der Waals surface area (Å²) in [5, 5.41) is 13.8. The van der Waals surface area contributed by atoms with Gasteiger partial charge in [0.05, 0.1) is 5.54 Å². The Bertz CT molecular complexity index is 778. The highest BCUT2D eigenvalue weighted by molar-refractivity contribution is 5.75. The van der Waals surface area contributed by atoms with Crippen LogP contribution in [0.25, 0.3) is 5.57 Å². The lowest BCUT2D eigenvalue weighted by atomic mass is 9.92. The monoisotopic (exact) mass is 356 g/mol. The fourth-order valence-corrected chi connectivity index (χ4v) is 2.46. The molecule has 0 spiro atoms. The van der Waals surface area contributed by atoms with E-state index in [1.54, 1.807) is 0 Å². The summed E-state index contributed by atoms with van der Waals surface area (Å²) in [4.78, 5) is 12.2. The molecule has 2 amide bonds. The van der Waals surface area contributed by atoms with E-state index >= 15 is 0 Å². The van der Waals surface area contributed by atoms with Crippen LogP contribution in [0.5, 0.6) is 0 Å². The van der Waals surface area contributed by atoms with Crippen molar-refractivity contribution in [1.82, 2.24) is 20.8 Å². The average molecular weight is 356 g/mol. The number of carbonyl (C=O) groups is 1. The summed E-state index contributed by atoms with van der Waals surface area (Å²) < 4.78 is 5.53. The van der Waals surface area contributed by atoms with Crippen LogP contribution in [0.15, 0.2) is 35.3 Å². The molecule has 1 aromatic heterocycles. The van der Waals surface area contributed by atoms with Crippen LogP contribution in [0.3, 0.4) is 0 Å². The van der Waals surface area contributed by atoms with Gasteiger partial charge in [-0.25, -0.2) is 4.79 Å². The number of rotatable bonds is 7. The number of hydrogen-bond donors (Lipinski definition) is 2. The van der Waals surface area contributed by atoms with Crippen molar-refractivity contribution < 1.29 is 9.21 Å². The highest BCUT2D eigenvalue weighted by Crippen LogP contribution is 2.23. The predicted molar refractivity (Wildman–Crippen MR) is 103 cm³/mol. The van der Waals surface area contributed by atoms with Crippen molar-refractivity contribution in [2.75, 3.05) is 6.54 Å². The number of hydrogen-bond acceptors (Lipinski definition) is 4. The molecule has 140 valence electrons. The van der Waals surface area contributed by atoms with Gasteiger partial charge in [-0.05, 0) is 38.0 Å². The van der Waals surface area contributed by atoms with E-state index in [0.29, 0.717) is 24.7 Å². The van der Waals surface area contributed by atoms with Gasteiger partial charge >= 0.3 is 6.03 Å². The van der Waals surface area contributed by atoms with Crippen LogP contribution in [0.1, 0.15) is 63.4 Å². The zero-order chi connectivity index (χ0) is 19.3. The molecule has 0 aliphatic rings. The quantitative estimate of drug-likeness (QED) is 0.786. The SMILES string of the molecule is C=C(C)c1cccc(C(C)(C)NC(=O)NCCc2nnc(C(C)C)o2)c1. The van der Waals surface area contributed by atoms with Crippen LogP contribution in [-0.4, -0.2) is 22.8 Å². The highest BCUT2D eigenvalue weighted by atomic mass is 16.4. The van der Waals surface area contributed by atoms with Gasteiger partial charge in [0.25, 0.3) is 0 Å².